The minimum absolute atomic E-state index is 0.0515. The topological polar surface area (TPSA) is 97.1 Å². The zero-order valence-corrected chi connectivity index (χ0v) is 16.7. The molecule has 2 aromatic heterocycles. The van der Waals surface area contributed by atoms with E-state index in [4.69, 9.17) is 4.52 Å². The second-order valence-electron chi connectivity index (χ2n) is 6.59. The van der Waals surface area contributed by atoms with Gasteiger partial charge in [-0.3, -0.25) is 4.72 Å². The normalized spacial score (nSPS) is 11.4. The molecule has 0 radical (unpaired) electrons. The zero-order valence-electron chi connectivity index (χ0n) is 15.9. The van der Waals surface area contributed by atoms with E-state index in [1.165, 1.54) is 11.8 Å². The molecule has 0 fully saturated rings. The Morgan fingerprint density at radius 3 is 2.19 bits per heavy atom. The summed E-state index contributed by atoms with van der Waals surface area (Å²) in [6.07, 6.45) is 1.47. The molecule has 0 saturated carbocycles. The molecule has 0 spiro atoms. The molecule has 0 aliphatic rings. The van der Waals surface area contributed by atoms with Crippen molar-refractivity contribution in [3.05, 3.63) is 58.6 Å². The van der Waals surface area contributed by atoms with Crippen LogP contribution in [0.3, 0.4) is 0 Å². The van der Waals surface area contributed by atoms with Gasteiger partial charge in [0.1, 0.15) is 11.5 Å². The number of benzene rings is 1. The number of aromatic nitrogens is 2. The highest BCUT2D eigenvalue weighted by molar-refractivity contribution is 7.92. The number of sulfonamides is 1. The van der Waals surface area contributed by atoms with Crippen molar-refractivity contribution in [3.8, 4) is 0 Å². The van der Waals surface area contributed by atoms with Crippen molar-refractivity contribution in [1.29, 1.82) is 0 Å². The van der Waals surface area contributed by atoms with Gasteiger partial charge >= 0.3 is 0 Å². The van der Waals surface area contributed by atoms with Gasteiger partial charge in [0.05, 0.1) is 11.9 Å². The number of hydrogen-bond acceptors (Lipinski definition) is 6. The van der Waals surface area contributed by atoms with E-state index in [-0.39, 0.29) is 10.7 Å². The SMILES string of the molecule is Cc1cc(C)c(Nc2ccc(NS(=O)(=O)c3c(C)noc3C)cn2)c(C)c1. The first kappa shape index (κ1) is 18.9. The molecule has 7 nitrogen and oxygen atoms in total. The summed E-state index contributed by atoms with van der Waals surface area (Å²) < 4.78 is 32.5. The molecule has 0 amide bonds. The number of nitrogens with one attached hydrogen (secondary N) is 2. The summed E-state index contributed by atoms with van der Waals surface area (Å²) in [6, 6.07) is 7.58. The molecule has 0 aliphatic heterocycles. The summed E-state index contributed by atoms with van der Waals surface area (Å²) in [6.45, 7) is 9.28. The number of aryl methyl sites for hydroxylation is 5. The van der Waals surface area contributed by atoms with Gasteiger partial charge in [-0.05, 0) is 57.9 Å². The maximum Gasteiger partial charge on any atom is 0.267 e. The monoisotopic (exact) mass is 386 g/mol. The molecule has 2 heterocycles. The smallest absolute Gasteiger partial charge is 0.267 e. The van der Waals surface area contributed by atoms with E-state index in [9.17, 15) is 8.42 Å². The summed E-state index contributed by atoms with van der Waals surface area (Å²) in [5.74, 6) is 0.877. The molecule has 0 saturated heterocycles. The fraction of sp³-hybridized carbons (Fsp3) is 0.263. The lowest BCUT2D eigenvalue weighted by atomic mass is 10.1. The molecule has 0 bridgehead atoms. The highest BCUT2D eigenvalue weighted by Gasteiger charge is 2.24. The summed E-state index contributed by atoms with van der Waals surface area (Å²) in [5, 5.41) is 6.98. The zero-order chi connectivity index (χ0) is 19.8. The van der Waals surface area contributed by atoms with Crippen molar-refractivity contribution < 1.29 is 12.9 Å². The van der Waals surface area contributed by atoms with Crippen LogP contribution < -0.4 is 10.0 Å². The molecule has 1 aromatic carbocycles. The Labute approximate surface area is 158 Å². The average Bonchev–Trinajstić information content (AvgIpc) is 2.91. The van der Waals surface area contributed by atoms with E-state index in [1.54, 1.807) is 26.0 Å². The first-order valence-corrected chi connectivity index (χ1v) is 9.92. The standard InChI is InChI=1S/C19H22N4O3S/c1-11-8-12(2)18(13(3)9-11)21-17-7-6-16(10-20-17)23-27(24,25)19-14(4)22-26-15(19)5/h6-10,23H,1-5H3,(H,20,21). The van der Waals surface area contributed by atoms with Crippen molar-refractivity contribution in [2.75, 3.05) is 10.0 Å². The molecule has 3 aromatic rings. The third kappa shape index (κ3) is 3.95. The van der Waals surface area contributed by atoms with Gasteiger partial charge in [0.25, 0.3) is 10.0 Å². The maximum absolute atomic E-state index is 12.5. The number of nitrogens with zero attached hydrogens (tertiary/aromatic N) is 2. The molecule has 142 valence electrons. The lowest BCUT2D eigenvalue weighted by Gasteiger charge is -2.14. The van der Waals surface area contributed by atoms with Gasteiger partial charge in [-0.2, -0.15) is 0 Å². The Hall–Kier alpha value is -2.87. The van der Waals surface area contributed by atoms with Crippen LogP contribution in [0.15, 0.2) is 39.9 Å². The molecular formula is C19H22N4O3S. The Morgan fingerprint density at radius 2 is 1.67 bits per heavy atom. The van der Waals surface area contributed by atoms with Crippen LogP contribution in [0.2, 0.25) is 0 Å². The lowest BCUT2D eigenvalue weighted by molar-refractivity contribution is 0.390. The van der Waals surface area contributed by atoms with E-state index in [1.807, 2.05) is 13.8 Å². The average molecular weight is 386 g/mol. The Kier molecular flexibility index (Phi) is 4.93. The molecule has 2 N–H and O–H groups in total. The minimum Gasteiger partial charge on any atom is -0.360 e. The van der Waals surface area contributed by atoms with E-state index in [0.717, 1.165) is 16.8 Å². The number of rotatable bonds is 5. The first-order chi connectivity index (χ1) is 12.7. The van der Waals surface area contributed by atoms with Crippen LogP contribution in [0, 0.1) is 34.6 Å². The predicted octanol–water partition coefficient (Wildman–Crippen LogP) is 4.16. The van der Waals surface area contributed by atoms with Crippen LogP contribution in [0.5, 0.6) is 0 Å². The minimum atomic E-state index is -3.79. The van der Waals surface area contributed by atoms with E-state index >= 15 is 0 Å². The van der Waals surface area contributed by atoms with Crippen LogP contribution in [0.1, 0.15) is 28.1 Å². The van der Waals surface area contributed by atoms with Gasteiger partial charge in [0, 0.05) is 5.69 Å². The van der Waals surface area contributed by atoms with Gasteiger partial charge in [0.2, 0.25) is 0 Å². The molecule has 3 rings (SSSR count). The third-order valence-corrected chi connectivity index (χ3v) is 5.81. The van der Waals surface area contributed by atoms with Crippen molar-refractivity contribution in [2.45, 2.75) is 39.5 Å². The van der Waals surface area contributed by atoms with Gasteiger partial charge in [-0.1, -0.05) is 22.9 Å². The Morgan fingerprint density at radius 1 is 1.00 bits per heavy atom. The summed E-state index contributed by atoms with van der Waals surface area (Å²) in [4.78, 5) is 4.36. The second-order valence-corrected chi connectivity index (χ2v) is 8.21. The Balaban J connectivity index is 1.80. The number of hydrogen-bond donors (Lipinski definition) is 2. The summed E-state index contributed by atoms with van der Waals surface area (Å²) in [7, 11) is -3.79. The van der Waals surface area contributed by atoms with Crippen LogP contribution >= 0.6 is 0 Å². The molecule has 0 atom stereocenters. The highest BCUT2D eigenvalue weighted by atomic mass is 32.2. The number of pyridine rings is 1. The van der Waals surface area contributed by atoms with Crippen LogP contribution in [0.25, 0.3) is 0 Å². The molecule has 8 heteroatoms. The summed E-state index contributed by atoms with van der Waals surface area (Å²) in [5.41, 5.74) is 5.12. The van der Waals surface area contributed by atoms with Crippen LogP contribution in [-0.2, 0) is 10.0 Å². The fourth-order valence-corrected chi connectivity index (χ4v) is 4.47. The van der Waals surface area contributed by atoms with Gasteiger partial charge in [-0.25, -0.2) is 13.4 Å². The highest BCUT2D eigenvalue weighted by Crippen LogP contribution is 2.26. The third-order valence-electron chi connectivity index (χ3n) is 4.18. The van der Waals surface area contributed by atoms with Crippen LogP contribution in [0.4, 0.5) is 17.2 Å². The lowest BCUT2D eigenvalue weighted by Crippen LogP contribution is -2.14. The molecular weight excluding hydrogens is 364 g/mol. The largest absolute Gasteiger partial charge is 0.360 e. The summed E-state index contributed by atoms with van der Waals surface area (Å²) >= 11 is 0. The van der Waals surface area contributed by atoms with Crippen molar-refractivity contribution in [1.82, 2.24) is 10.1 Å². The van der Waals surface area contributed by atoms with Crippen molar-refractivity contribution in [2.24, 2.45) is 0 Å². The maximum atomic E-state index is 12.5. The van der Waals surface area contributed by atoms with Crippen molar-refractivity contribution >= 4 is 27.2 Å². The van der Waals surface area contributed by atoms with E-state index in [0.29, 0.717) is 17.2 Å². The fourth-order valence-electron chi connectivity index (χ4n) is 3.10. The van der Waals surface area contributed by atoms with Crippen LogP contribution in [-0.4, -0.2) is 18.6 Å². The van der Waals surface area contributed by atoms with Gasteiger partial charge < -0.3 is 9.84 Å². The van der Waals surface area contributed by atoms with E-state index in [2.05, 4.69) is 39.2 Å². The molecule has 0 aliphatic carbocycles. The predicted molar refractivity (Wildman–Crippen MR) is 105 cm³/mol. The quantitative estimate of drug-likeness (QED) is 0.683. The van der Waals surface area contributed by atoms with E-state index < -0.39 is 10.0 Å². The molecule has 0 unspecified atom stereocenters. The van der Waals surface area contributed by atoms with Crippen molar-refractivity contribution in [3.63, 3.8) is 0 Å². The first-order valence-electron chi connectivity index (χ1n) is 8.44. The Bertz CT molecular complexity index is 1040. The second kappa shape index (κ2) is 7.03. The number of anilines is 3. The molecule has 27 heavy (non-hydrogen) atoms. The van der Waals surface area contributed by atoms with Gasteiger partial charge in [0.15, 0.2) is 10.7 Å². The van der Waals surface area contributed by atoms with Gasteiger partial charge in [-0.15, -0.1) is 0 Å².